The van der Waals surface area contributed by atoms with Gasteiger partial charge < -0.3 is 19.5 Å². The highest BCUT2D eigenvalue weighted by atomic mass is 16.6. The van der Waals surface area contributed by atoms with Gasteiger partial charge in [-0.2, -0.15) is 0 Å². The van der Waals surface area contributed by atoms with Gasteiger partial charge in [0.15, 0.2) is 6.04 Å². The molecule has 9 nitrogen and oxygen atoms in total. The lowest BCUT2D eigenvalue weighted by molar-refractivity contribution is -0.153. The van der Waals surface area contributed by atoms with E-state index in [1.807, 2.05) is 19.1 Å². The largest absolute Gasteiger partial charge is 0.463 e. The number of alkyl carbamates (subject to hydrolysis) is 1. The van der Waals surface area contributed by atoms with Gasteiger partial charge >= 0.3 is 18.0 Å². The maximum Gasteiger partial charge on any atom is 0.408 e. The van der Waals surface area contributed by atoms with Gasteiger partial charge in [-0.3, -0.25) is 14.4 Å². The van der Waals surface area contributed by atoms with Crippen molar-refractivity contribution in [2.45, 2.75) is 71.1 Å². The molecule has 38 heavy (non-hydrogen) atoms. The molecular formula is C29H35NO8. The predicted molar refractivity (Wildman–Crippen MR) is 139 cm³/mol. The molecule has 0 fully saturated rings. The highest BCUT2D eigenvalue weighted by Crippen LogP contribution is 2.07. The van der Waals surface area contributed by atoms with Gasteiger partial charge in [-0.1, -0.05) is 67.6 Å². The van der Waals surface area contributed by atoms with Crippen LogP contribution < -0.4 is 5.32 Å². The fraction of sp³-hybridized carbons (Fsp3) is 0.414. The van der Waals surface area contributed by atoms with Crippen molar-refractivity contribution in [2.24, 2.45) is 0 Å². The molecule has 1 atom stereocenters. The van der Waals surface area contributed by atoms with Crippen molar-refractivity contribution in [3.63, 3.8) is 0 Å². The molecule has 0 aliphatic heterocycles. The highest BCUT2D eigenvalue weighted by Gasteiger charge is 2.25. The van der Waals surface area contributed by atoms with Gasteiger partial charge in [-0.25, -0.2) is 9.59 Å². The van der Waals surface area contributed by atoms with Crippen molar-refractivity contribution in [1.82, 2.24) is 5.32 Å². The molecule has 204 valence electrons. The van der Waals surface area contributed by atoms with Crippen LogP contribution in [0.3, 0.4) is 0 Å². The average Bonchev–Trinajstić information content (AvgIpc) is 2.93. The monoisotopic (exact) mass is 525 g/mol. The van der Waals surface area contributed by atoms with E-state index in [0.29, 0.717) is 19.3 Å². The summed E-state index contributed by atoms with van der Waals surface area (Å²) in [5.41, 5.74) is 1.51. The normalized spacial score (nSPS) is 11.2. The minimum atomic E-state index is -1.30. The Bertz CT molecular complexity index is 1040. The molecule has 0 aliphatic carbocycles. The van der Waals surface area contributed by atoms with E-state index >= 15 is 0 Å². The minimum Gasteiger partial charge on any atom is -0.463 e. The van der Waals surface area contributed by atoms with Crippen LogP contribution in [0.2, 0.25) is 0 Å². The Hall–Kier alpha value is -4.01. The molecule has 1 amide bonds. The zero-order chi connectivity index (χ0) is 27.6. The SMILES string of the molecule is CCCC(=O)CCCC(=O)CCC(=O)OCC(NC(=O)OCc1ccccc1)C(=O)OCc1ccccc1. The molecule has 2 rings (SSSR count). The first kappa shape index (κ1) is 30.2. The van der Waals surface area contributed by atoms with Crippen molar-refractivity contribution in [3.05, 3.63) is 71.8 Å². The molecule has 0 aliphatic rings. The third kappa shape index (κ3) is 12.8. The number of amides is 1. The van der Waals surface area contributed by atoms with Crippen molar-refractivity contribution in [2.75, 3.05) is 6.61 Å². The van der Waals surface area contributed by atoms with Crippen LogP contribution in [-0.4, -0.2) is 42.2 Å². The first-order valence-corrected chi connectivity index (χ1v) is 12.7. The lowest BCUT2D eigenvalue weighted by Gasteiger charge is -2.18. The number of esters is 2. The fourth-order valence-electron chi connectivity index (χ4n) is 3.41. The van der Waals surface area contributed by atoms with E-state index in [0.717, 1.165) is 17.5 Å². The lowest BCUT2D eigenvalue weighted by atomic mass is 10.1. The third-order valence-electron chi connectivity index (χ3n) is 5.47. The number of hydrogen-bond donors (Lipinski definition) is 1. The van der Waals surface area contributed by atoms with Gasteiger partial charge in [-0.05, 0) is 24.0 Å². The van der Waals surface area contributed by atoms with Crippen molar-refractivity contribution < 1.29 is 38.2 Å². The van der Waals surface area contributed by atoms with Gasteiger partial charge in [0, 0.05) is 25.7 Å². The highest BCUT2D eigenvalue weighted by molar-refractivity contribution is 5.84. The lowest BCUT2D eigenvalue weighted by Crippen LogP contribution is -2.45. The zero-order valence-electron chi connectivity index (χ0n) is 21.7. The summed E-state index contributed by atoms with van der Waals surface area (Å²) in [5, 5.41) is 2.38. The predicted octanol–water partition coefficient (Wildman–Crippen LogP) is 4.46. The van der Waals surface area contributed by atoms with Gasteiger partial charge in [-0.15, -0.1) is 0 Å². The van der Waals surface area contributed by atoms with E-state index in [1.165, 1.54) is 0 Å². The molecule has 2 aromatic carbocycles. The summed E-state index contributed by atoms with van der Waals surface area (Å²) in [6, 6.07) is 16.7. The van der Waals surface area contributed by atoms with Crippen LogP contribution in [0.5, 0.6) is 0 Å². The molecule has 1 N–H and O–H groups in total. The Morgan fingerprint density at radius 1 is 0.684 bits per heavy atom. The quantitative estimate of drug-likeness (QED) is 0.237. The van der Waals surface area contributed by atoms with Gasteiger partial charge in [0.25, 0.3) is 0 Å². The Labute approximate surface area is 222 Å². The molecule has 0 saturated carbocycles. The molecule has 0 aromatic heterocycles. The molecule has 9 heteroatoms. The van der Waals surface area contributed by atoms with Crippen LogP contribution in [0.25, 0.3) is 0 Å². The second kappa shape index (κ2) is 17.4. The summed E-state index contributed by atoms with van der Waals surface area (Å²) in [7, 11) is 0. The number of ketones is 2. The van der Waals surface area contributed by atoms with E-state index in [-0.39, 0.29) is 44.0 Å². The number of carbonyl (C=O) groups excluding carboxylic acids is 5. The second-order valence-electron chi connectivity index (χ2n) is 8.72. The maximum absolute atomic E-state index is 12.7. The standard InChI is InChI=1S/C29H35NO8/c1-2-10-24(31)15-9-16-25(32)17-18-27(33)36-21-26(28(34)37-19-22-11-5-3-6-12-22)30-29(35)38-20-23-13-7-4-8-14-23/h3-8,11-14,26H,2,9-10,15-21H2,1H3,(H,30,35). The van der Waals surface area contributed by atoms with Crippen molar-refractivity contribution >= 4 is 29.6 Å². The van der Waals surface area contributed by atoms with Gasteiger partial charge in [0.05, 0.1) is 6.42 Å². The number of rotatable bonds is 17. The molecule has 0 radical (unpaired) electrons. The average molecular weight is 526 g/mol. The molecular weight excluding hydrogens is 490 g/mol. The van der Waals surface area contributed by atoms with Crippen LogP contribution in [0.4, 0.5) is 4.79 Å². The van der Waals surface area contributed by atoms with Crippen LogP contribution in [-0.2, 0) is 46.6 Å². The molecule has 0 spiro atoms. The number of Topliss-reactive ketones (excluding diaryl/α,β-unsaturated/α-hetero) is 2. The molecule has 0 bridgehead atoms. The Morgan fingerprint density at radius 3 is 1.82 bits per heavy atom. The maximum atomic E-state index is 12.7. The summed E-state index contributed by atoms with van der Waals surface area (Å²) in [6.45, 7) is 1.41. The number of benzene rings is 2. The van der Waals surface area contributed by atoms with Crippen LogP contribution in [0.1, 0.15) is 63.0 Å². The number of nitrogens with one attached hydrogen (secondary N) is 1. The van der Waals surface area contributed by atoms with E-state index in [4.69, 9.17) is 14.2 Å². The number of carbonyl (C=O) groups is 5. The smallest absolute Gasteiger partial charge is 0.408 e. The number of ether oxygens (including phenoxy) is 3. The summed E-state index contributed by atoms with van der Waals surface area (Å²) in [5.74, 6) is -1.51. The zero-order valence-corrected chi connectivity index (χ0v) is 21.7. The van der Waals surface area contributed by atoms with Crippen LogP contribution >= 0.6 is 0 Å². The Kier molecular flexibility index (Phi) is 13.9. The minimum absolute atomic E-state index is 0.00953. The third-order valence-corrected chi connectivity index (χ3v) is 5.47. The molecule has 0 saturated heterocycles. The number of hydrogen-bond acceptors (Lipinski definition) is 8. The van der Waals surface area contributed by atoms with E-state index in [9.17, 15) is 24.0 Å². The fourth-order valence-corrected chi connectivity index (χ4v) is 3.41. The Balaban J connectivity index is 1.82. The molecule has 0 heterocycles. The van der Waals surface area contributed by atoms with Crippen molar-refractivity contribution in [1.29, 1.82) is 0 Å². The summed E-state index contributed by atoms with van der Waals surface area (Å²) < 4.78 is 15.6. The topological polar surface area (TPSA) is 125 Å². The summed E-state index contributed by atoms with van der Waals surface area (Å²) >= 11 is 0. The molecule has 2 aromatic rings. The second-order valence-corrected chi connectivity index (χ2v) is 8.72. The van der Waals surface area contributed by atoms with E-state index < -0.39 is 30.7 Å². The Morgan fingerprint density at radius 2 is 1.24 bits per heavy atom. The van der Waals surface area contributed by atoms with Crippen molar-refractivity contribution in [3.8, 4) is 0 Å². The van der Waals surface area contributed by atoms with Gasteiger partial charge in [0.2, 0.25) is 0 Å². The van der Waals surface area contributed by atoms with E-state index in [1.54, 1.807) is 48.5 Å². The summed E-state index contributed by atoms with van der Waals surface area (Å²) in [4.78, 5) is 60.7. The van der Waals surface area contributed by atoms with Gasteiger partial charge in [0.1, 0.15) is 31.4 Å². The van der Waals surface area contributed by atoms with Crippen LogP contribution in [0.15, 0.2) is 60.7 Å². The van der Waals surface area contributed by atoms with Crippen LogP contribution in [0, 0.1) is 0 Å². The molecule has 1 unspecified atom stereocenters. The first-order chi connectivity index (χ1) is 18.4. The van der Waals surface area contributed by atoms with E-state index in [2.05, 4.69) is 5.32 Å². The first-order valence-electron chi connectivity index (χ1n) is 12.7. The summed E-state index contributed by atoms with van der Waals surface area (Å²) in [6.07, 6.45) is 1.22.